The molecule has 1 heterocycles. The van der Waals surface area contributed by atoms with Gasteiger partial charge in [-0.05, 0) is 48.7 Å². The van der Waals surface area contributed by atoms with Gasteiger partial charge in [-0.1, -0.05) is 31.2 Å². The number of nitrogens with one attached hydrogen (secondary N) is 1. The van der Waals surface area contributed by atoms with Crippen LogP contribution >= 0.6 is 0 Å². The number of nitrogens with zero attached hydrogens (tertiary/aromatic N) is 1. The summed E-state index contributed by atoms with van der Waals surface area (Å²) in [6, 6.07) is 16.1. The fourth-order valence-corrected chi connectivity index (χ4v) is 3.12. The topological polar surface area (TPSA) is 50.8 Å². The van der Waals surface area contributed by atoms with Crippen molar-refractivity contribution >= 4 is 11.6 Å². The maximum Gasteiger partial charge on any atom is 0.261 e. The SMILES string of the molecule is CC[C@H](Oc1cccc(C)c1)C(=O)NCc1ccc(N2CCOCC2)cc1. The van der Waals surface area contributed by atoms with E-state index in [4.69, 9.17) is 9.47 Å². The van der Waals surface area contributed by atoms with Crippen molar-refractivity contribution in [3.05, 3.63) is 59.7 Å². The van der Waals surface area contributed by atoms with E-state index in [9.17, 15) is 4.79 Å². The van der Waals surface area contributed by atoms with Crippen LogP contribution in [0, 0.1) is 6.92 Å². The van der Waals surface area contributed by atoms with E-state index in [-0.39, 0.29) is 5.91 Å². The van der Waals surface area contributed by atoms with Crippen LogP contribution in [-0.4, -0.2) is 38.3 Å². The summed E-state index contributed by atoms with van der Waals surface area (Å²) < 4.78 is 11.3. The van der Waals surface area contributed by atoms with Gasteiger partial charge in [0, 0.05) is 25.3 Å². The number of hydrogen-bond acceptors (Lipinski definition) is 4. The van der Waals surface area contributed by atoms with E-state index in [0.717, 1.165) is 43.2 Å². The standard InChI is InChI=1S/C22H28N2O3/c1-3-21(27-20-6-4-5-17(2)15-20)22(25)23-16-18-7-9-19(10-8-18)24-11-13-26-14-12-24/h4-10,15,21H,3,11-14,16H2,1-2H3,(H,23,25)/t21-/m0/s1. The minimum atomic E-state index is -0.487. The van der Waals surface area contributed by atoms with Gasteiger partial charge in [0.2, 0.25) is 0 Å². The van der Waals surface area contributed by atoms with Crippen LogP contribution in [0.5, 0.6) is 5.75 Å². The van der Waals surface area contributed by atoms with Gasteiger partial charge in [0.1, 0.15) is 5.75 Å². The molecule has 1 fully saturated rings. The monoisotopic (exact) mass is 368 g/mol. The molecule has 0 spiro atoms. The molecule has 1 amide bonds. The second kappa shape index (κ2) is 9.42. The molecule has 27 heavy (non-hydrogen) atoms. The number of carbonyl (C=O) groups is 1. The van der Waals surface area contributed by atoms with Crippen LogP contribution in [0.15, 0.2) is 48.5 Å². The first kappa shape index (κ1) is 19.2. The first-order chi connectivity index (χ1) is 13.2. The lowest BCUT2D eigenvalue weighted by Crippen LogP contribution is -2.37. The van der Waals surface area contributed by atoms with Gasteiger partial charge in [0.15, 0.2) is 6.10 Å². The Labute approximate surface area is 161 Å². The molecule has 2 aromatic carbocycles. The van der Waals surface area contributed by atoms with Gasteiger partial charge >= 0.3 is 0 Å². The summed E-state index contributed by atoms with van der Waals surface area (Å²) in [5.74, 6) is 0.642. The highest BCUT2D eigenvalue weighted by atomic mass is 16.5. The summed E-state index contributed by atoms with van der Waals surface area (Å²) in [5, 5.41) is 2.99. The van der Waals surface area contributed by atoms with E-state index in [1.54, 1.807) is 0 Å². The zero-order valence-corrected chi connectivity index (χ0v) is 16.1. The molecule has 1 aliphatic heterocycles. The lowest BCUT2D eigenvalue weighted by molar-refractivity contribution is -0.128. The minimum Gasteiger partial charge on any atom is -0.481 e. The summed E-state index contributed by atoms with van der Waals surface area (Å²) in [6.45, 7) is 7.85. The van der Waals surface area contributed by atoms with Gasteiger partial charge in [-0.15, -0.1) is 0 Å². The van der Waals surface area contributed by atoms with Gasteiger partial charge in [0.05, 0.1) is 13.2 Å². The minimum absolute atomic E-state index is 0.0868. The Balaban J connectivity index is 1.52. The number of hydrogen-bond donors (Lipinski definition) is 1. The van der Waals surface area contributed by atoms with Crippen LogP contribution in [0.25, 0.3) is 0 Å². The van der Waals surface area contributed by atoms with Gasteiger partial charge in [-0.2, -0.15) is 0 Å². The molecule has 5 heteroatoms. The summed E-state index contributed by atoms with van der Waals surface area (Å²) >= 11 is 0. The molecule has 0 aromatic heterocycles. The van der Waals surface area contributed by atoms with Crippen molar-refractivity contribution in [1.29, 1.82) is 0 Å². The van der Waals surface area contributed by atoms with E-state index in [0.29, 0.717) is 13.0 Å². The molecule has 3 rings (SSSR count). The fraction of sp³-hybridized carbons (Fsp3) is 0.409. The van der Waals surface area contributed by atoms with Crippen molar-refractivity contribution in [2.24, 2.45) is 0 Å². The maximum absolute atomic E-state index is 12.5. The fourth-order valence-electron chi connectivity index (χ4n) is 3.12. The van der Waals surface area contributed by atoms with E-state index < -0.39 is 6.10 Å². The third-order valence-electron chi connectivity index (χ3n) is 4.71. The second-order valence-electron chi connectivity index (χ2n) is 6.81. The molecule has 144 valence electrons. The first-order valence-electron chi connectivity index (χ1n) is 9.58. The number of benzene rings is 2. The molecule has 1 saturated heterocycles. The van der Waals surface area contributed by atoms with Crippen LogP contribution in [0.3, 0.4) is 0 Å². The number of morpholine rings is 1. The van der Waals surface area contributed by atoms with Crippen LogP contribution in [0.1, 0.15) is 24.5 Å². The number of ether oxygens (including phenoxy) is 2. The second-order valence-corrected chi connectivity index (χ2v) is 6.81. The lowest BCUT2D eigenvalue weighted by Gasteiger charge is -2.29. The van der Waals surface area contributed by atoms with Crippen LogP contribution in [0.2, 0.25) is 0 Å². The quantitative estimate of drug-likeness (QED) is 0.815. The van der Waals surface area contributed by atoms with Crippen molar-refractivity contribution in [3.63, 3.8) is 0 Å². The average Bonchev–Trinajstić information content (AvgIpc) is 2.71. The molecule has 1 N–H and O–H groups in total. The smallest absolute Gasteiger partial charge is 0.261 e. The summed E-state index contributed by atoms with van der Waals surface area (Å²) in [4.78, 5) is 14.8. The number of aryl methyl sites for hydroxylation is 1. The van der Waals surface area contributed by atoms with E-state index >= 15 is 0 Å². The van der Waals surface area contributed by atoms with Gasteiger partial charge < -0.3 is 19.7 Å². The Kier molecular flexibility index (Phi) is 6.71. The Morgan fingerprint density at radius 2 is 1.93 bits per heavy atom. The molecule has 0 radical (unpaired) electrons. The Bertz CT molecular complexity index is 739. The van der Waals surface area contributed by atoms with Crippen molar-refractivity contribution in [1.82, 2.24) is 5.32 Å². The van der Waals surface area contributed by atoms with Crippen molar-refractivity contribution in [2.75, 3.05) is 31.2 Å². The summed E-state index contributed by atoms with van der Waals surface area (Å²) in [5.41, 5.74) is 3.39. The summed E-state index contributed by atoms with van der Waals surface area (Å²) in [7, 11) is 0. The molecular formula is C22H28N2O3. The normalized spacial score (nSPS) is 15.3. The highest BCUT2D eigenvalue weighted by molar-refractivity contribution is 5.81. The maximum atomic E-state index is 12.5. The van der Waals surface area contributed by atoms with Gasteiger partial charge in [0.25, 0.3) is 5.91 Å². The molecule has 0 saturated carbocycles. The van der Waals surface area contributed by atoms with Crippen LogP contribution < -0.4 is 15.0 Å². The number of anilines is 1. The lowest BCUT2D eigenvalue weighted by atomic mass is 10.1. The van der Waals surface area contributed by atoms with E-state index in [2.05, 4.69) is 34.5 Å². The number of amides is 1. The zero-order chi connectivity index (χ0) is 19.1. The van der Waals surface area contributed by atoms with Crippen LogP contribution in [-0.2, 0) is 16.1 Å². The number of carbonyl (C=O) groups excluding carboxylic acids is 1. The molecule has 1 atom stereocenters. The highest BCUT2D eigenvalue weighted by Crippen LogP contribution is 2.17. The van der Waals surface area contributed by atoms with Crippen LogP contribution in [0.4, 0.5) is 5.69 Å². The molecule has 5 nitrogen and oxygen atoms in total. The summed E-state index contributed by atoms with van der Waals surface area (Å²) in [6.07, 6.45) is 0.134. The van der Waals surface area contributed by atoms with Crippen molar-refractivity contribution < 1.29 is 14.3 Å². The largest absolute Gasteiger partial charge is 0.481 e. The number of rotatable bonds is 7. The molecule has 0 aliphatic carbocycles. The Morgan fingerprint density at radius 1 is 1.19 bits per heavy atom. The van der Waals surface area contributed by atoms with E-state index in [1.165, 1.54) is 5.69 Å². The Morgan fingerprint density at radius 3 is 2.59 bits per heavy atom. The molecule has 1 aliphatic rings. The van der Waals surface area contributed by atoms with Crippen molar-refractivity contribution in [3.8, 4) is 5.75 Å². The third kappa shape index (κ3) is 5.47. The Hall–Kier alpha value is -2.53. The first-order valence-corrected chi connectivity index (χ1v) is 9.58. The molecule has 0 unspecified atom stereocenters. The predicted octanol–water partition coefficient (Wildman–Crippen LogP) is 3.31. The highest BCUT2D eigenvalue weighted by Gasteiger charge is 2.18. The van der Waals surface area contributed by atoms with Gasteiger partial charge in [-0.3, -0.25) is 4.79 Å². The molecule has 0 bridgehead atoms. The van der Waals surface area contributed by atoms with Crippen molar-refractivity contribution in [2.45, 2.75) is 32.9 Å². The average molecular weight is 368 g/mol. The van der Waals surface area contributed by atoms with Gasteiger partial charge in [-0.25, -0.2) is 0 Å². The predicted molar refractivity (Wildman–Crippen MR) is 107 cm³/mol. The molecule has 2 aromatic rings. The molecular weight excluding hydrogens is 340 g/mol. The van der Waals surface area contributed by atoms with E-state index in [1.807, 2.05) is 38.1 Å². The zero-order valence-electron chi connectivity index (χ0n) is 16.1. The third-order valence-corrected chi connectivity index (χ3v) is 4.71.